The maximum atomic E-state index is 13.0. The number of benzene rings is 3. The first-order chi connectivity index (χ1) is 22.7. The van der Waals surface area contributed by atoms with E-state index in [1.54, 1.807) is 14.2 Å². The fourth-order valence-electron chi connectivity index (χ4n) is 6.37. The number of piperidine rings is 1. The summed E-state index contributed by atoms with van der Waals surface area (Å²) < 4.78 is 13.3. The number of aromatic nitrogens is 3. The Labute approximate surface area is 276 Å². The Bertz CT molecular complexity index is 1860. The van der Waals surface area contributed by atoms with Gasteiger partial charge in [-0.25, -0.2) is 4.98 Å². The fourth-order valence-corrected chi connectivity index (χ4v) is 6.37. The van der Waals surface area contributed by atoms with Gasteiger partial charge in [-0.15, -0.1) is 0 Å². The second-order valence-electron chi connectivity index (χ2n) is 13.1. The molecule has 0 unspecified atom stereocenters. The van der Waals surface area contributed by atoms with Crippen molar-refractivity contribution >= 4 is 28.3 Å². The Hall–Kier alpha value is -4.89. The van der Waals surface area contributed by atoms with Gasteiger partial charge in [0, 0.05) is 53.3 Å². The smallest absolute Gasteiger partial charge is 0.255 e. The lowest BCUT2D eigenvalue weighted by atomic mass is 9.98. The van der Waals surface area contributed by atoms with E-state index in [-0.39, 0.29) is 17.5 Å². The molecule has 2 aromatic heterocycles. The number of ether oxygens (including phenoxy) is 2. The van der Waals surface area contributed by atoms with E-state index in [1.165, 1.54) is 0 Å². The minimum atomic E-state index is -0.157. The highest BCUT2D eigenvalue weighted by Crippen LogP contribution is 2.38. The second-order valence-corrected chi connectivity index (χ2v) is 13.1. The molecule has 3 aromatic carbocycles. The number of rotatable bonds is 9. The van der Waals surface area contributed by atoms with Gasteiger partial charge >= 0.3 is 0 Å². The van der Waals surface area contributed by atoms with Crippen molar-refractivity contribution in [2.24, 2.45) is 0 Å². The third-order valence-corrected chi connectivity index (χ3v) is 8.99. The molecular weight excluding hydrogens is 588 g/mol. The topological polar surface area (TPSA) is 93.5 Å². The lowest BCUT2D eigenvalue weighted by Gasteiger charge is -2.41. The summed E-state index contributed by atoms with van der Waals surface area (Å²) in [5, 5.41) is 12.9. The first-order valence-electron chi connectivity index (χ1n) is 16.2. The number of pyridine rings is 1. The number of nitrogens with one attached hydrogen (secondary N) is 2. The molecular formula is C38H44N6O3. The van der Waals surface area contributed by atoms with Gasteiger partial charge in [0.15, 0.2) is 0 Å². The van der Waals surface area contributed by atoms with Crippen molar-refractivity contribution < 1.29 is 14.3 Å². The van der Waals surface area contributed by atoms with Crippen molar-refractivity contribution in [3.05, 3.63) is 95.7 Å². The molecule has 1 amide bonds. The number of methoxy groups -OCH3 is 2. The van der Waals surface area contributed by atoms with Crippen LogP contribution in [-0.4, -0.2) is 58.4 Å². The molecule has 2 N–H and O–H groups in total. The first-order valence-corrected chi connectivity index (χ1v) is 16.2. The van der Waals surface area contributed by atoms with E-state index >= 15 is 0 Å². The number of likely N-dealkylation sites (tertiary alicyclic amines) is 1. The maximum absolute atomic E-state index is 13.0. The van der Waals surface area contributed by atoms with Gasteiger partial charge in [-0.1, -0.05) is 30.3 Å². The van der Waals surface area contributed by atoms with Crippen molar-refractivity contribution in [3.8, 4) is 22.8 Å². The number of carbonyl (C=O) groups is 1. The summed E-state index contributed by atoms with van der Waals surface area (Å²) in [6, 6.07) is 23.2. The van der Waals surface area contributed by atoms with Crippen LogP contribution in [0, 0.1) is 6.92 Å². The average Bonchev–Trinajstić information content (AvgIpc) is 3.50. The van der Waals surface area contributed by atoms with Gasteiger partial charge in [0.05, 0.1) is 31.2 Å². The van der Waals surface area contributed by atoms with E-state index in [0.29, 0.717) is 12.1 Å². The quantitative estimate of drug-likeness (QED) is 0.172. The second kappa shape index (κ2) is 13.5. The number of nitrogens with zero attached hydrogens (tertiary/aromatic N) is 4. The Morgan fingerprint density at radius 2 is 1.77 bits per heavy atom. The van der Waals surface area contributed by atoms with E-state index in [9.17, 15) is 4.79 Å². The van der Waals surface area contributed by atoms with Crippen molar-refractivity contribution in [3.63, 3.8) is 0 Å². The van der Waals surface area contributed by atoms with Crippen LogP contribution >= 0.6 is 0 Å². The third-order valence-electron chi connectivity index (χ3n) is 8.99. The van der Waals surface area contributed by atoms with Crippen molar-refractivity contribution in [1.82, 2.24) is 19.7 Å². The largest absolute Gasteiger partial charge is 0.497 e. The monoisotopic (exact) mass is 632 g/mol. The standard InChI is InChI=1S/C38H44N6O3/c1-25-22-39-36(40-23-28-18-19-31(46-5)21-32(28)47-6)33-34(42-44(35(25)33)30-13-10-20-43(24-30)38(2,3)4)26-14-16-27(17-15-26)37(45)41-29-11-8-7-9-12-29/h7-9,11-12,14-19,21-22,30H,10,13,20,23-24H2,1-6H3,(H,39,40)(H,41,45)/t30-/m1/s1. The van der Waals surface area contributed by atoms with Crippen LogP contribution in [0.5, 0.6) is 11.5 Å². The van der Waals surface area contributed by atoms with Crippen LogP contribution in [0.15, 0.2) is 79.0 Å². The van der Waals surface area contributed by atoms with Crippen LogP contribution < -0.4 is 20.1 Å². The zero-order valence-corrected chi connectivity index (χ0v) is 28.1. The molecule has 1 fully saturated rings. The van der Waals surface area contributed by atoms with Gasteiger partial charge in [0.1, 0.15) is 23.0 Å². The van der Waals surface area contributed by atoms with Gasteiger partial charge in [-0.05, 0) is 89.0 Å². The SMILES string of the molecule is COc1ccc(CNc2ncc(C)c3c2c(-c2ccc(C(=O)Nc4ccccc4)cc2)nn3[C@@H]2CCCN(C(C)(C)C)C2)c(OC)c1. The third kappa shape index (κ3) is 6.81. The van der Waals surface area contributed by atoms with Crippen molar-refractivity contribution in [2.75, 3.05) is 37.9 Å². The normalized spacial score (nSPS) is 15.4. The zero-order valence-electron chi connectivity index (χ0n) is 28.1. The Kier molecular flexibility index (Phi) is 9.18. The van der Waals surface area contributed by atoms with Crippen molar-refractivity contribution in [1.29, 1.82) is 0 Å². The molecule has 5 aromatic rings. The molecule has 0 spiro atoms. The van der Waals surface area contributed by atoms with Crippen LogP contribution in [0.4, 0.5) is 11.5 Å². The predicted molar refractivity (Wildman–Crippen MR) is 189 cm³/mol. The van der Waals surface area contributed by atoms with Crippen LogP contribution in [0.25, 0.3) is 22.2 Å². The highest BCUT2D eigenvalue weighted by molar-refractivity contribution is 6.05. The summed E-state index contributed by atoms with van der Waals surface area (Å²) in [5.41, 5.74) is 6.29. The number of amides is 1. The number of para-hydroxylation sites is 1. The Morgan fingerprint density at radius 3 is 2.47 bits per heavy atom. The number of anilines is 2. The lowest BCUT2D eigenvalue weighted by Crippen LogP contribution is -2.47. The summed E-state index contributed by atoms with van der Waals surface area (Å²) in [6.45, 7) is 11.5. The molecule has 47 heavy (non-hydrogen) atoms. The van der Waals surface area contributed by atoms with Crippen LogP contribution in [0.1, 0.15) is 61.1 Å². The van der Waals surface area contributed by atoms with Crippen molar-refractivity contribution in [2.45, 2.75) is 58.7 Å². The molecule has 0 bridgehead atoms. The van der Waals surface area contributed by atoms with Gasteiger partial charge in [-0.3, -0.25) is 14.4 Å². The molecule has 1 saturated heterocycles. The predicted octanol–water partition coefficient (Wildman–Crippen LogP) is 7.72. The molecule has 0 saturated carbocycles. The molecule has 0 aliphatic carbocycles. The molecule has 1 aliphatic rings. The van der Waals surface area contributed by atoms with E-state index in [0.717, 1.165) is 82.2 Å². The molecule has 9 heteroatoms. The molecule has 1 aliphatic heterocycles. The number of hydrogen-bond donors (Lipinski definition) is 2. The fraction of sp³-hybridized carbons (Fsp3) is 0.342. The first kappa shape index (κ1) is 32.1. The summed E-state index contributed by atoms with van der Waals surface area (Å²) in [4.78, 5) is 20.5. The van der Waals surface area contributed by atoms with E-state index in [1.807, 2.05) is 79.0 Å². The lowest BCUT2D eigenvalue weighted by molar-refractivity contribution is 0.0799. The van der Waals surface area contributed by atoms with Crippen LogP contribution in [0.3, 0.4) is 0 Å². The molecule has 0 radical (unpaired) electrons. The number of aryl methyl sites for hydroxylation is 1. The minimum Gasteiger partial charge on any atom is -0.497 e. The van der Waals surface area contributed by atoms with E-state index in [2.05, 4.69) is 47.9 Å². The Morgan fingerprint density at radius 1 is 1.00 bits per heavy atom. The molecule has 3 heterocycles. The van der Waals surface area contributed by atoms with Gasteiger partial charge < -0.3 is 20.1 Å². The maximum Gasteiger partial charge on any atom is 0.255 e. The molecule has 9 nitrogen and oxygen atoms in total. The minimum absolute atomic E-state index is 0.0708. The highest BCUT2D eigenvalue weighted by Gasteiger charge is 2.31. The molecule has 6 rings (SSSR count). The summed E-state index contributed by atoms with van der Waals surface area (Å²) >= 11 is 0. The highest BCUT2D eigenvalue weighted by atomic mass is 16.5. The summed E-state index contributed by atoms with van der Waals surface area (Å²) in [7, 11) is 3.31. The van der Waals surface area contributed by atoms with Gasteiger partial charge in [0.2, 0.25) is 0 Å². The molecule has 244 valence electrons. The summed E-state index contributed by atoms with van der Waals surface area (Å²) in [5.74, 6) is 2.07. The Balaban J connectivity index is 1.40. The number of hydrogen-bond acceptors (Lipinski definition) is 7. The van der Waals surface area contributed by atoms with Gasteiger partial charge in [0.25, 0.3) is 5.91 Å². The van der Waals surface area contributed by atoms with E-state index in [4.69, 9.17) is 19.6 Å². The summed E-state index contributed by atoms with van der Waals surface area (Å²) in [6.07, 6.45) is 4.09. The molecule has 1 atom stereocenters. The zero-order chi connectivity index (χ0) is 33.1. The average molecular weight is 633 g/mol. The van der Waals surface area contributed by atoms with Gasteiger partial charge in [-0.2, -0.15) is 5.10 Å². The van der Waals surface area contributed by atoms with Crippen LogP contribution in [-0.2, 0) is 6.54 Å². The number of fused-ring (bicyclic) bond motifs is 1. The van der Waals surface area contributed by atoms with Crippen LogP contribution in [0.2, 0.25) is 0 Å². The van der Waals surface area contributed by atoms with E-state index < -0.39 is 0 Å². The number of carbonyl (C=O) groups excluding carboxylic acids is 1.